The van der Waals surface area contributed by atoms with Crippen molar-refractivity contribution in [3.63, 3.8) is 0 Å². The van der Waals surface area contributed by atoms with Crippen LogP contribution in [0.2, 0.25) is 0 Å². The van der Waals surface area contributed by atoms with Gasteiger partial charge in [-0.1, -0.05) is 48.5 Å². The fourth-order valence-corrected chi connectivity index (χ4v) is 2.98. The molecule has 0 saturated carbocycles. The Labute approximate surface area is 159 Å². The maximum Gasteiger partial charge on any atom is 0.410 e. The maximum absolute atomic E-state index is 12.2. The lowest BCUT2D eigenvalue weighted by atomic mass is 10.2. The van der Waals surface area contributed by atoms with Crippen LogP contribution in [0, 0.1) is 0 Å². The summed E-state index contributed by atoms with van der Waals surface area (Å²) in [4.78, 5) is 16.0. The van der Waals surface area contributed by atoms with E-state index in [4.69, 9.17) is 9.47 Å². The molecule has 2 aromatic rings. The first kappa shape index (κ1) is 19.2. The minimum atomic E-state index is -0.568. The van der Waals surface area contributed by atoms with E-state index in [1.165, 1.54) is 0 Å². The fourth-order valence-electron chi connectivity index (χ4n) is 2.98. The molecule has 3 rings (SSSR count). The minimum absolute atomic E-state index is 0.253. The lowest BCUT2D eigenvalue weighted by Gasteiger charge is -2.34. The molecule has 1 N–H and O–H groups in total. The third-order valence-electron chi connectivity index (χ3n) is 4.49. The van der Waals surface area contributed by atoms with Gasteiger partial charge >= 0.3 is 6.09 Å². The third kappa shape index (κ3) is 6.27. The highest BCUT2D eigenvalue weighted by Gasteiger charge is 2.23. The van der Waals surface area contributed by atoms with Crippen molar-refractivity contribution >= 4 is 6.09 Å². The van der Waals surface area contributed by atoms with Gasteiger partial charge in [-0.05, 0) is 17.7 Å². The van der Waals surface area contributed by atoms with E-state index in [-0.39, 0.29) is 19.3 Å². The van der Waals surface area contributed by atoms with Crippen molar-refractivity contribution in [1.82, 2.24) is 9.80 Å². The standard InChI is InChI=1S/C21H26N2O4/c24-19(17-26-20-9-5-2-6-10-20)15-22-11-13-23(14-12-22)21(25)27-16-18-7-3-1-4-8-18/h1-10,19,24H,11-17H2. The zero-order valence-corrected chi connectivity index (χ0v) is 15.4. The van der Waals surface area contributed by atoms with Crippen LogP contribution in [0.1, 0.15) is 5.56 Å². The number of para-hydroxylation sites is 1. The molecule has 27 heavy (non-hydrogen) atoms. The number of β-amino-alcohol motifs (C(OH)–C–C–N with tert-alkyl or cyclic N) is 1. The summed E-state index contributed by atoms with van der Waals surface area (Å²) in [5.74, 6) is 0.752. The Kier molecular flexibility index (Phi) is 7.07. The van der Waals surface area contributed by atoms with E-state index in [1.807, 2.05) is 60.7 Å². The molecule has 1 atom stereocenters. The molecule has 1 fully saturated rings. The molecular formula is C21H26N2O4. The van der Waals surface area contributed by atoms with Gasteiger partial charge in [-0.2, -0.15) is 0 Å². The highest BCUT2D eigenvalue weighted by molar-refractivity contribution is 5.67. The van der Waals surface area contributed by atoms with Crippen LogP contribution in [-0.4, -0.2) is 66.4 Å². The first-order valence-electron chi connectivity index (χ1n) is 9.24. The van der Waals surface area contributed by atoms with Crippen LogP contribution in [0.15, 0.2) is 60.7 Å². The Morgan fingerprint density at radius 2 is 1.59 bits per heavy atom. The average Bonchev–Trinajstić information content (AvgIpc) is 2.72. The largest absolute Gasteiger partial charge is 0.491 e. The van der Waals surface area contributed by atoms with Gasteiger partial charge in [0.25, 0.3) is 0 Å². The predicted molar refractivity (Wildman–Crippen MR) is 103 cm³/mol. The highest BCUT2D eigenvalue weighted by atomic mass is 16.6. The van der Waals surface area contributed by atoms with Crippen molar-refractivity contribution in [1.29, 1.82) is 0 Å². The number of amides is 1. The van der Waals surface area contributed by atoms with E-state index in [1.54, 1.807) is 4.90 Å². The molecule has 1 saturated heterocycles. The van der Waals surface area contributed by atoms with Gasteiger partial charge in [0, 0.05) is 32.7 Å². The minimum Gasteiger partial charge on any atom is -0.491 e. The van der Waals surface area contributed by atoms with E-state index in [0.717, 1.165) is 11.3 Å². The monoisotopic (exact) mass is 370 g/mol. The molecule has 6 heteroatoms. The number of hydrogen-bond donors (Lipinski definition) is 1. The number of aliphatic hydroxyl groups excluding tert-OH is 1. The van der Waals surface area contributed by atoms with Crippen LogP contribution >= 0.6 is 0 Å². The van der Waals surface area contributed by atoms with Crippen molar-refractivity contribution in [2.45, 2.75) is 12.7 Å². The number of benzene rings is 2. The van der Waals surface area contributed by atoms with Gasteiger partial charge in [0.1, 0.15) is 25.1 Å². The fraction of sp³-hybridized carbons (Fsp3) is 0.381. The van der Waals surface area contributed by atoms with Gasteiger partial charge in [-0.3, -0.25) is 4.90 Å². The van der Waals surface area contributed by atoms with E-state index >= 15 is 0 Å². The third-order valence-corrected chi connectivity index (χ3v) is 4.49. The van der Waals surface area contributed by atoms with Gasteiger partial charge in [-0.15, -0.1) is 0 Å². The second-order valence-corrected chi connectivity index (χ2v) is 6.61. The zero-order chi connectivity index (χ0) is 18.9. The van der Waals surface area contributed by atoms with Crippen LogP contribution in [0.4, 0.5) is 4.79 Å². The number of ether oxygens (including phenoxy) is 2. The lowest BCUT2D eigenvalue weighted by molar-refractivity contribution is 0.0384. The molecule has 0 spiro atoms. The van der Waals surface area contributed by atoms with Crippen molar-refractivity contribution in [3.8, 4) is 5.75 Å². The van der Waals surface area contributed by atoms with E-state index in [0.29, 0.717) is 32.7 Å². The quantitative estimate of drug-likeness (QED) is 0.811. The number of rotatable bonds is 7. The molecule has 0 radical (unpaired) electrons. The second kappa shape index (κ2) is 9.94. The number of nitrogens with zero attached hydrogens (tertiary/aromatic N) is 2. The Balaban J connectivity index is 1.34. The van der Waals surface area contributed by atoms with Gasteiger partial charge in [0.15, 0.2) is 0 Å². The van der Waals surface area contributed by atoms with E-state index < -0.39 is 6.10 Å². The number of piperazine rings is 1. The zero-order valence-electron chi connectivity index (χ0n) is 15.4. The maximum atomic E-state index is 12.2. The number of carbonyl (C=O) groups is 1. The van der Waals surface area contributed by atoms with Crippen LogP contribution < -0.4 is 4.74 Å². The Bertz CT molecular complexity index is 688. The first-order chi connectivity index (χ1) is 13.2. The predicted octanol–water partition coefficient (Wildman–Crippen LogP) is 2.38. The van der Waals surface area contributed by atoms with Crippen LogP contribution in [-0.2, 0) is 11.3 Å². The highest BCUT2D eigenvalue weighted by Crippen LogP contribution is 2.10. The SMILES string of the molecule is O=C(OCc1ccccc1)N1CCN(CC(O)COc2ccccc2)CC1. The van der Waals surface area contributed by atoms with Crippen molar-refractivity contribution in [2.75, 3.05) is 39.3 Å². The molecule has 0 aliphatic carbocycles. The average molecular weight is 370 g/mol. The van der Waals surface area contributed by atoms with E-state index in [2.05, 4.69) is 4.90 Å². The van der Waals surface area contributed by atoms with Crippen LogP contribution in [0.5, 0.6) is 5.75 Å². The summed E-state index contributed by atoms with van der Waals surface area (Å²) in [7, 11) is 0. The van der Waals surface area contributed by atoms with Crippen molar-refractivity contribution < 1.29 is 19.4 Å². The van der Waals surface area contributed by atoms with Crippen LogP contribution in [0.3, 0.4) is 0 Å². The van der Waals surface area contributed by atoms with Crippen molar-refractivity contribution in [3.05, 3.63) is 66.2 Å². The summed E-state index contributed by atoms with van der Waals surface area (Å²) >= 11 is 0. The summed E-state index contributed by atoms with van der Waals surface area (Å²) < 4.78 is 11.0. The van der Waals surface area contributed by atoms with E-state index in [9.17, 15) is 9.90 Å². The lowest BCUT2D eigenvalue weighted by Crippen LogP contribution is -2.51. The van der Waals surface area contributed by atoms with Crippen LogP contribution in [0.25, 0.3) is 0 Å². The first-order valence-corrected chi connectivity index (χ1v) is 9.24. The summed E-state index contributed by atoms with van der Waals surface area (Å²) in [5.41, 5.74) is 0.978. The Morgan fingerprint density at radius 1 is 0.963 bits per heavy atom. The number of aliphatic hydroxyl groups is 1. The molecule has 1 aliphatic heterocycles. The molecule has 2 aromatic carbocycles. The topological polar surface area (TPSA) is 62.2 Å². The summed E-state index contributed by atoms with van der Waals surface area (Å²) in [6.07, 6.45) is -0.853. The van der Waals surface area contributed by atoms with Gasteiger partial charge in [-0.25, -0.2) is 4.79 Å². The molecule has 0 aromatic heterocycles. The second-order valence-electron chi connectivity index (χ2n) is 6.61. The molecule has 1 aliphatic rings. The molecule has 1 heterocycles. The van der Waals surface area contributed by atoms with Gasteiger partial charge in [0.05, 0.1) is 0 Å². The normalized spacial score (nSPS) is 16.0. The number of hydrogen-bond acceptors (Lipinski definition) is 5. The smallest absolute Gasteiger partial charge is 0.410 e. The molecule has 6 nitrogen and oxygen atoms in total. The summed E-state index contributed by atoms with van der Waals surface area (Å²) in [5, 5.41) is 10.2. The molecule has 144 valence electrons. The Morgan fingerprint density at radius 3 is 2.26 bits per heavy atom. The molecular weight excluding hydrogens is 344 g/mol. The summed E-state index contributed by atoms with van der Waals surface area (Å²) in [6, 6.07) is 19.1. The summed E-state index contributed by atoms with van der Waals surface area (Å²) in [6.45, 7) is 3.68. The molecule has 1 amide bonds. The van der Waals surface area contributed by atoms with Gasteiger partial charge < -0.3 is 19.5 Å². The Hall–Kier alpha value is -2.57. The molecule has 0 bridgehead atoms. The molecule has 1 unspecified atom stereocenters. The van der Waals surface area contributed by atoms with Crippen molar-refractivity contribution in [2.24, 2.45) is 0 Å². The van der Waals surface area contributed by atoms with Gasteiger partial charge in [0.2, 0.25) is 0 Å². The number of carbonyl (C=O) groups excluding carboxylic acids is 1.